The monoisotopic (exact) mass is 246 g/mol. The third-order valence-electron chi connectivity index (χ3n) is 4.28. The van der Waals surface area contributed by atoms with Crippen molar-refractivity contribution in [1.29, 1.82) is 0 Å². The summed E-state index contributed by atoms with van der Waals surface area (Å²) in [6.45, 7) is 0. The molecule has 94 valence electrons. The molecule has 4 N–H and O–H groups in total. The summed E-state index contributed by atoms with van der Waals surface area (Å²) in [4.78, 5) is 8.54. The number of fused-ring (bicyclic) bond motifs is 2. The molecule has 5 atom stereocenters. The van der Waals surface area contributed by atoms with E-state index in [1.54, 1.807) is 18.6 Å². The van der Waals surface area contributed by atoms with Crippen LogP contribution in [0.5, 0.6) is 0 Å². The lowest BCUT2D eigenvalue weighted by Crippen LogP contribution is -2.31. The number of nitrogens with zero attached hydrogens (tertiary/aromatic N) is 3. The van der Waals surface area contributed by atoms with Crippen molar-refractivity contribution in [2.24, 2.45) is 11.8 Å². The van der Waals surface area contributed by atoms with E-state index in [0.29, 0.717) is 22.8 Å². The number of aromatic nitrogens is 3. The van der Waals surface area contributed by atoms with E-state index >= 15 is 0 Å². The maximum absolute atomic E-state index is 10.1. The molecule has 2 heterocycles. The molecule has 0 aromatic carbocycles. The summed E-state index contributed by atoms with van der Waals surface area (Å²) in [6, 6.07) is 1.57. The molecule has 0 amide bonds. The number of aliphatic hydroxyl groups excluding tert-OH is 2. The predicted molar refractivity (Wildman–Crippen MR) is 64.6 cm³/mol. The van der Waals surface area contributed by atoms with Crippen LogP contribution in [-0.4, -0.2) is 37.0 Å². The van der Waals surface area contributed by atoms with Crippen LogP contribution in [0, 0.1) is 11.8 Å². The zero-order valence-electron chi connectivity index (χ0n) is 9.64. The second-order valence-electron chi connectivity index (χ2n) is 5.26. The molecular weight excluding hydrogens is 232 g/mol. The van der Waals surface area contributed by atoms with Crippen LogP contribution in [-0.2, 0) is 0 Å². The highest BCUT2D eigenvalue weighted by molar-refractivity contribution is 5.83. The van der Waals surface area contributed by atoms with Gasteiger partial charge in [-0.25, -0.2) is 9.97 Å². The Hall–Kier alpha value is -1.66. The van der Waals surface area contributed by atoms with E-state index in [-0.39, 0.29) is 12.0 Å². The smallest absolute Gasteiger partial charge is 0.162 e. The Labute approximate surface area is 103 Å². The highest BCUT2D eigenvalue weighted by atomic mass is 16.3. The van der Waals surface area contributed by atoms with Crippen molar-refractivity contribution in [2.45, 2.75) is 24.7 Å². The molecule has 2 fully saturated rings. The average molecular weight is 246 g/mol. The summed E-state index contributed by atoms with van der Waals surface area (Å²) in [6.07, 6.45) is 2.89. The highest BCUT2D eigenvalue weighted by Crippen LogP contribution is 2.57. The third-order valence-corrected chi connectivity index (χ3v) is 4.28. The SMILES string of the molecule is Nc1ccnc2c1ncn2C1C(O)C(O)C2CC21. The maximum atomic E-state index is 10.1. The van der Waals surface area contributed by atoms with Gasteiger partial charge in [-0.05, 0) is 24.3 Å². The molecule has 2 aliphatic rings. The topological polar surface area (TPSA) is 97.2 Å². The van der Waals surface area contributed by atoms with Gasteiger partial charge in [-0.2, -0.15) is 0 Å². The van der Waals surface area contributed by atoms with Gasteiger partial charge in [0.1, 0.15) is 11.6 Å². The standard InChI is InChI=1S/C12H14N4O2/c13-7-1-2-14-12-8(7)15-4-16(12)9-5-3-6(5)10(17)11(9)18/h1-2,4-6,9-11,17-18H,3H2,(H2,13,14). The second-order valence-corrected chi connectivity index (χ2v) is 5.26. The van der Waals surface area contributed by atoms with Gasteiger partial charge in [0.05, 0.1) is 24.2 Å². The largest absolute Gasteiger partial charge is 0.397 e. The van der Waals surface area contributed by atoms with Gasteiger partial charge in [-0.3, -0.25) is 0 Å². The van der Waals surface area contributed by atoms with Gasteiger partial charge in [0.25, 0.3) is 0 Å². The van der Waals surface area contributed by atoms with Crippen LogP contribution in [0.3, 0.4) is 0 Å². The molecule has 6 nitrogen and oxygen atoms in total. The molecule has 2 aromatic heterocycles. The number of aliphatic hydroxyl groups is 2. The summed E-state index contributed by atoms with van der Waals surface area (Å²) in [5.74, 6) is 0.555. The zero-order chi connectivity index (χ0) is 12.4. The molecule has 0 aliphatic heterocycles. The number of nitrogens with two attached hydrogens (primary N) is 1. The fourth-order valence-corrected chi connectivity index (χ4v) is 3.27. The average Bonchev–Trinajstić information content (AvgIpc) is 2.95. The van der Waals surface area contributed by atoms with Crippen molar-refractivity contribution < 1.29 is 10.2 Å². The summed E-state index contributed by atoms with van der Waals surface area (Å²) in [7, 11) is 0. The predicted octanol–water partition coefficient (Wildman–Crippen LogP) is -0.0739. The first-order valence-corrected chi connectivity index (χ1v) is 6.11. The van der Waals surface area contributed by atoms with E-state index in [9.17, 15) is 10.2 Å². The van der Waals surface area contributed by atoms with Crippen molar-refractivity contribution in [3.63, 3.8) is 0 Å². The number of hydrogen-bond donors (Lipinski definition) is 3. The number of hydrogen-bond acceptors (Lipinski definition) is 5. The first kappa shape index (κ1) is 10.3. The minimum Gasteiger partial charge on any atom is -0.397 e. The van der Waals surface area contributed by atoms with Gasteiger partial charge in [0, 0.05) is 6.20 Å². The minimum absolute atomic E-state index is 0.135. The molecule has 0 saturated heterocycles. The first-order valence-electron chi connectivity index (χ1n) is 6.11. The minimum atomic E-state index is -0.741. The fourth-order valence-electron chi connectivity index (χ4n) is 3.27. The summed E-state index contributed by atoms with van der Waals surface area (Å²) in [5.41, 5.74) is 7.77. The summed E-state index contributed by atoms with van der Waals surface area (Å²) in [5, 5.41) is 20.0. The highest BCUT2D eigenvalue weighted by Gasteiger charge is 2.60. The molecule has 0 spiro atoms. The van der Waals surface area contributed by atoms with Crippen LogP contribution >= 0.6 is 0 Å². The van der Waals surface area contributed by atoms with Crippen molar-refractivity contribution in [3.05, 3.63) is 18.6 Å². The van der Waals surface area contributed by atoms with Crippen molar-refractivity contribution in [3.8, 4) is 0 Å². The molecule has 4 rings (SSSR count). The van der Waals surface area contributed by atoms with Crippen LogP contribution in [0.1, 0.15) is 12.5 Å². The summed E-state index contributed by atoms with van der Waals surface area (Å²) >= 11 is 0. The van der Waals surface area contributed by atoms with E-state index in [1.165, 1.54) is 0 Å². The lowest BCUT2D eigenvalue weighted by atomic mass is 10.1. The zero-order valence-corrected chi connectivity index (χ0v) is 9.64. The van der Waals surface area contributed by atoms with Gasteiger partial charge in [0.15, 0.2) is 5.65 Å². The molecule has 2 aliphatic carbocycles. The van der Waals surface area contributed by atoms with Gasteiger partial charge in [-0.1, -0.05) is 0 Å². The molecular formula is C12H14N4O2. The van der Waals surface area contributed by atoms with Crippen molar-refractivity contribution in [1.82, 2.24) is 14.5 Å². The Morgan fingerprint density at radius 2 is 2.06 bits per heavy atom. The first-order chi connectivity index (χ1) is 8.68. The van der Waals surface area contributed by atoms with Crippen LogP contribution in [0.15, 0.2) is 18.6 Å². The second kappa shape index (κ2) is 3.21. The molecule has 0 bridgehead atoms. The van der Waals surface area contributed by atoms with E-state index in [1.807, 2.05) is 4.57 Å². The number of rotatable bonds is 1. The van der Waals surface area contributed by atoms with E-state index < -0.39 is 12.2 Å². The number of pyridine rings is 1. The molecule has 6 heteroatoms. The molecule has 2 aromatic rings. The van der Waals surface area contributed by atoms with Gasteiger partial charge < -0.3 is 20.5 Å². The normalized spacial score (nSPS) is 38.0. The third kappa shape index (κ3) is 1.14. The Bertz CT molecular complexity index is 626. The molecule has 18 heavy (non-hydrogen) atoms. The summed E-state index contributed by atoms with van der Waals surface area (Å²) < 4.78 is 1.86. The maximum Gasteiger partial charge on any atom is 0.162 e. The molecule has 0 radical (unpaired) electrons. The van der Waals surface area contributed by atoms with E-state index in [4.69, 9.17) is 5.73 Å². The van der Waals surface area contributed by atoms with Crippen LogP contribution in [0.25, 0.3) is 11.2 Å². The van der Waals surface area contributed by atoms with E-state index in [2.05, 4.69) is 9.97 Å². The Kier molecular flexibility index (Phi) is 1.83. The quantitative estimate of drug-likeness (QED) is 0.654. The Morgan fingerprint density at radius 3 is 2.78 bits per heavy atom. The van der Waals surface area contributed by atoms with Crippen LogP contribution in [0.4, 0.5) is 5.69 Å². The molecule has 5 unspecified atom stereocenters. The van der Waals surface area contributed by atoms with Crippen LogP contribution < -0.4 is 5.73 Å². The Morgan fingerprint density at radius 1 is 1.22 bits per heavy atom. The molecule has 2 saturated carbocycles. The number of nitrogen functional groups attached to an aromatic ring is 1. The van der Waals surface area contributed by atoms with Gasteiger partial charge in [0.2, 0.25) is 0 Å². The lowest BCUT2D eigenvalue weighted by molar-refractivity contribution is 0.00386. The van der Waals surface area contributed by atoms with Gasteiger partial charge >= 0.3 is 0 Å². The number of imidazole rings is 1. The fraction of sp³-hybridized carbons (Fsp3) is 0.500. The van der Waals surface area contributed by atoms with Crippen molar-refractivity contribution in [2.75, 3.05) is 5.73 Å². The van der Waals surface area contributed by atoms with Crippen LogP contribution in [0.2, 0.25) is 0 Å². The van der Waals surface area contributed by atoms with E-state index in [0.717, 1.165) is 6.42 Å². The Balaban J connectivity index is 1.86. The van der Waals surface area contributed by atoms with Gasteiger partial charge in [-0.15, -0.1) is 0 Å². The van der Waals surface area contributed by atoms with Crippen molar-refractivity contribution >= 4 is 16.9 Å². The number of anilines is 1. The lowest BCUT2D eigenvalue weighted by Gasteiger charge is -2.22.